The van der Waals surface area contributed by atoms with E-state index in [1.54, 1.807) is 24.3 Å². The molecule has 0 aliphatic carbocycles. The summed E-state index contributed by atoms with van der Waals surface area (Å²) in [5.74, 6) is 5.49. The van der Waals surface area contributed by atoms with Crippen molar-refractivity contribution in [2.75, 3.05) is 18.5 Å². The summed E-state index contributed by atoms with van der Waals surface area (Å²) in [5, 5.41) is 20.4. The molecule has 3 heteroatoms. The van der Waals surface area contributed by atoms with E-state index in [0.717, 1.165) is 5.69 Å². The number of aliphatic hydroxyl groups excluding tert-OH is 1. The molecule has 13 heavy (non-hydrogen) atoms. The highest BCUT2D eigenvalue weighted by molar-refractivity contribution is 5.46. The monoisotopic (exact) mass is 177 g/mol. The van der Waals surface area contributed by atoms with Gasteiger partial charge in [0.1, 0.15) is 12.4 Å². The van der Waals surface area contributed by atoms with Crippen LogP contribution in [0, 0.1) is 11.8 Å². The van der Waals surface area contributed by atoms with Gasteiger partial charge in [0.25, 0.3) is 0 Å². The van der Waals surface area contributed by atoms with Crippen LogP contribution < -0.4 is 5.32 Å². The van der Waals surface area contributed by atoms with Crippen LogP contribution in [0.1, 0.15) is 0 Å². The van der Waals surface area contributed by atoms with Gasteiger partial charge in [-0.05, 0) is 24.3 Å². The van der Waals surface area contributed by atoms with Crippen molar-refractivity contribution in [1.29, 1.82) is 0 Å². The molecule has 0 aliphatic heterocycles. The first-order chi connectivity index (χ1) is 6.33. The van der Waals surface area contributed by atoms with Gasteiger partial charge in [-0.2, -0.15) is 0 Å². The number of nitrogens with one attached hydrogen (secondary N) is 1. The maximum atomic E-state index is 8.98. The number of anilines is 1. The molecule has 0 bridgehead atoms. The third-order valence-corrected chi connectivity index (χ3v) is 1.45. The molecule has 1 aromatic rings. The highest BCUT2D eigenvalue weighted by Gasteiger charge is 1.88. The molecule has 0 unspecified atom stereocenters. The van der Waals surface area contributed by atoms with Gasteiger partial charge in [0.15, 0.2) is 0 Å². The standard InChI is InChI=1S/C10H11NO2/c12-8-2-1-7-11-9-3-5-10(13)6-4-9/h3-6,11-13H,7-8H2. The lowest BCUT2D eigenvalue weighted by Crippen LogP contribution is -1.98. The first-order valence-corrected chi connectivity index (χ1v) is 3.92. The topological polar surface area (TPSA) is 52.5 Å². The predicted octanol–water partition coefficient (Wildman–Crippen LogP) is 0.800. The van der Waals surface area contributed by atoms with Crippen molar-refractivity contribution in [3.05, 3.63) is 24.3 Å². The minimum atomic E-state index is -0.114. The van der Waals surface area contributed by atoms with Crippen molar-refractivity contribution in [2.45, 2.75) is 0 Å². The quantitative estimate of drug-likeness (QED) is 0.462. The van der Waals surface area contributed by atoms with E-state index in [0.29, 0.717) is 6.54 Å². The van der Waals surface area contributed by atoms with Crippen LogP contribution in [0.4, 0.5) is 5.69 Å². The molecule has 0 heterocycles. The Kier molecular flexibility index (Phi) is 3.68. The lowest BCUT2D eigenvalue weighted by atomic mass is 10.3. The van der Waals surface area contributed by atoms with Crippen LogP contribution in [0.3, 0.4) is 0 Å². The third kappa shape index (κ3) is 3.50. The minimum absolute atomic E-state index is 0.114. The molecule has 0 fully saturated rings. The van der Waals surface area contributed by atoms with E-state index >= 15 is 0 Å². The molecule has 0 spiro atoms. The average molecular weight is 177 g/mol. The van der Waals surface area contributed by atoms with E-state index in [1.165, 1.54) is 0 Å². The molecule has 3 N–H and O–H groups in total. The molecule has 0 radical (unpaired) electrons. The molecule has 0 aliphatic rings. The zero-order valence-corrected chi connectivity index (χ0v) is 7.12. The zero-order chi connectivity index (χ0) is 9.52. The van der Waals surface area contributed by atoms with Crippen molar-refractivity contribution in [3.8, 4) is 17.6 Å². The maximum absolute atomic E-state index is 8.98. The number of hydrogen-bond acceptors (Lipinski definition) is 3. The van der Waals surface area contributed by atoms with Crippen molar-refractivity contribution in [1.82, 2.24) is 0 Å². The lowest BCUT2D eigenvalue weighted by molar-refractivity contribution is 0.350. The fourth-order valence-corrected chi connectivity index (χ4v) is 0.844. The number of aliphatic hydroxyl groups is 1. The second-order valence-electron chi connectivity index (χ2n) is 2.41. The van der Waals surface area contributed by atoms with E-state index in [9.17, 15) is 0 Å². The molecular weight excluding hydrogens is 166 g/mol. The summed E-state index contributed by atoms with van der Waals surface area (Å²) in [6.45, 7) is 0.378. The Morgan fingerprint density at radius 2 is 1.85 bits per heavy atom. The van der Waals surface area contributed by atoms with E-state index in [4.69, 9.17) is 10.2 Å². The number of benzene rings is 1. The lowest BCUT2D eigenvalue weighted by Gasteiger charge is -2.00. The van der Waals surface area contributed by atoms with Crippen LogP contribution in [0.5, 0.6) is 5.75 Å². The van der Waals surface area contributed by atoms with E-state index < -0.39 is 0 Å². The van der Waals surface area contributed by atoms with Gasteiger partial charge < -0.3 is 15.5 Å². The minimum Gasteiger partial charge on any atom is -0.508 e. The summed E-state index contributed by atoms with van der Waals surface area (Å²) < 4.78 is 0. The molecule has 0 aromatic heterocycles. The SMILES string of the molecule is OCC#CCNc1ccc(O)cc1. The first-order valence-electron chi connectivity index (χ1n) is 3.92. The summed E-state index contributed by atoms with van der Waals surface area (Å²) in [6, 6.07) is 6.72. The predicted molar refractivity (Wildman–Crippen MR) is 51.5 cm³/mol. The Labute approximate surface area is 77.0 Å². The molecule has 3 nitrogen and oxygen atoms in total. The van der Waals surface area contributed by atoms with Gasteiger partial charge in [-0.1, -0.05) is 11.8 Å². The fourth-order valence-electron chi connectivity index (χ4n) is 0.844. The molecule has 1 aromatic carbocycles. The van der Waals surface area contributed by atoms with Crippen LogP contribution in [0.2, 0.25) is 0 Å². The second kappa shape index (κ2) is 5.07. The average Bonchev–Trinajstić information content (AvgIpc) is 2.15. The van der Waals surface area contributed by atoms with E-state index in [-0.39, 0.29) is 12.4 Å². The van der Waals surface area contributed by atoms with Gasteiger partial charge in [0, 0.05) is 5.69 Å². The number of phenols is 1. The molecule has 0 atom stereocenters. The third-order valence-electron chi connectivity index (χ3n) is 1.45. The Morgan fingerprint density at radius 3 is 2.46 bits per heavy atom. The largest absolute Gasteiger partial charge is 0.508 e. The summed E-state index contributed by atoms with van der Waals surface area (Å²) in [7, 11) is 0. The first kappa shape index (κ1) is 9.43. The molecule has 1 rings (SSSR count). The Bertz CT molecular complexity index is 308. The normalized spacial score (nSPS) is 8.69. The number of hydrogen-bond donors (Lipinski definition) is 3. The van der Waals surface area contributed by atoms with Gasteiger partial charge >= 0.3 is 0 Å². The maximum Gasteiger partial charge on any atom is 0.115 e. The molecule has 68 valence electrons. The molecule has 0 amide bonds. The van der Waals surface area contributed by atoms with Crippen molar-refractivity contribution < 1.29 is 10.2 Å². The molecular formula is C10H11NO2. The number of aromatic hydroxyl groups is 1. The molecule has 0 saturated heterocycles. The van der Waals surface area contributed by atoms with Crippen LogP contribution in [0.25, 0.3) is 0 Å². The van der Waals surface area contributed by atoms with Gasteiger partial charge in [-0.15, -0.1) is 0 Å². The fraction of sp³-hybridized carbons (Fsp3) is 0.200. The molecule has 0 saturated carbocycles. The van der Waals surface area contributed by atoms with Gasteiger partial charge in [0.05, 0.1) is 6.54 Å². The highest BCUT2D eigenvalue weighted by Crippen LogP contribution is 2.12. The number of rotatable bonds is 2. The summed E-state index contributed by atoms with van der Waals surface area (Å²) in [6.07, 6.45) is 0. The van der Waals surface area contributed by atoms with Gasteiger partial charge in [-0.3, -0.25) is 0 Å². The van der Waals surface area contributed by atoms with Crippen LogP contribution in [-0.2, 0) is 0 Å². The van der Waals surface area contributed by atoms with Gasteiger partial charge in [0.2, 0.25) is 0 Å². The van der Waals surface area contributed by atoms with E-state index in [1.807, 2.05) is 0 Å². The van der Waals surface area contributed by atoms with Crippen molar-refractivity contribution in [2.24, 2.45) is 0 Å². The van der Waals surface area contributed by atoms with Crippen LogP contribution in [-0.4, -0.2) is 23.4 Å². The Morgan fingerprint density at radius 1 is 1.15 bits per heavy atom. The Balaban J connectivity index is 2.41. The highest BCUT2D eigenvalue weighted by atomic mass is 16.3. The second-order valence-corrected chi connectivity index (χ2v) is 2.41. The van der Waals surface area contributed by atoms with Crippen molar-refractivity contribution >= 4 is 5.69 Å². The smallest absolute Gasteiger partial charge is 0.115 e. The Hall–Kier alpha value is -1.66. The summed E-state index contributed by atoms with van der Waals surface area (Å²) in [4.78, 5) is 0. The van der Waals surface area contributed by atoms with Crippen LogP contribution >= 0.6 is 0 Å². The van der Waals surface area contributed by atoms with Gasteiger partial charge in [-0.25, -0.2) is 0 Å². The number of phenolic OH excluding ortho intramolecular Hbond substituents is 1. The van der Waals surface area contributed by atoms with Crippen LogP contribution in [0.15, 0.2) is 24.3 Å². The summed E-state index contributed by atoms with van der Waals surface area (Å²) >= 11 is 0. The van der Waals surface area contributed by atoms with Crippen molar-refractivity contribution in [3.63, 3.8) is 0 Å². The summed E-state index contributed by atoms with van der Waals surface area (Å²) in [5.41, 5.74) is 0.894. The van der Waals surface area contributed by atoms with E-state index in [2.05, 4.69) is 17.2 Å². The zero-order valence-electron chi connectivity index (χ0n) is 7.12.